The number of rotatable bonds is 9. The molecular formula is C15H29N. The minimum Gasteiger partial charge on any atom is -0.313 e. The molecule has 0 fully saturated rings. The highest BCUT2D eigenvalue weighted by molar-refractivity contribution is 4.99. The van der Waals surface area contributed by atoms with Gasteiger partial charge in [-0.05, 0) is 38.6 Å². The van der Waals surface area contributed by atoms with Gasteiger partial charge in [0.05, 0.1) is 0 Å². The molecule has 94 valence electrons. The molecule has 0 aromatic carbocycles. The molecule has 0 heterocycles. The Morgan fingerprint density at radius 3 is 2.06 bits per heavy atom. The summed E-state index contributed by atoms with van der Waals surface area (Å²) < 4.78 is 0. The molecule has 1 heteroatoms. The second-order valence-electron chi connectivity index (χ2n) is 4.53. The summed E-state index contributed by atoms with van der Waals surface area (Å²) in [7, 11) is 0. The van der Waals surface area contributed by atoms with Gasteiger partial charge in [0.2, 0.25) is 0 Å². The van der Waals surface area contributed by atoms with Crippen LogP contribution in [-0.2, 0) is 0 Å². The number of hydrogen-bond donors (Lipinski definition) is 1. The van der Waals surface area contributed by atoms with E-state index in [1.165, 1.54) is 32.1 Å². The van der Waals surface area contributed by atoms with Crippen LogP contribution >= 0.6 is 0 Å². The molecule has 0 spiro atoms. The Balaban J connectivity index is 4.30. The van der Waals surface area contributed by atoms with Crippen LogP contribution in [0.15, 0.2) is 0 Å². The predicted molar refractivity (Wildman–Crippen MR) is 73.5 cm³/mol. The van der Waals surface area contributed by atoms with Gasteiger partial charge in [0.1, 0.15) is 0 Å². The van der Waals surface area contributed by atoms with E-state index in [4.69, 9.17) is 0 Å². The van der Waals surface area contributed by atoms with Crippen molar-refractivity contribution in [1.82, 2.24) is 5.32 Å². The topological polar surface area (TPSA) is 12.0 Å². The lowest BCUT2D eigenvalue weighted by Crippen LogP contribution is -2.36. The monoisotopic (exact) mass is 223 g/mol. The summed E-state index contributed by atoms with van der Waals surface area (Å²) >= 11 is 0. The summed E-state index contributed by atoms with van der Waals surface area (Å²) in [5, 5.41) is 3.67. The average molecular weight is 223 g/mol. The lowest BCUT2D eigenvalue weighted by molar-refractivity contribution is 0.314. The largest absolute Gasteiger partial charge is 0.313 e. The summed E-state index contributed by atoms with van der Waals surface area (Å²) in [6.07, 6.45) is 7.46. The Labute approximate surface area is 102 Å². The average Bonchev–Trinajstić information content (AvgIpc) is 2.29. The van der Waals surface area contributed by atoms with E-state index in [1.54, 1.807) is 0 Å². The van der Waals surface area contributed by atoms with E-state index < -0.39 is 0 Å². The minimum atomic E-state index is 0.604. The van der Waals surface area contributed by atoms with Gasteiger partial charge in [-0.2, -0.15) is 0 Å². The van der Waals surface area contributed by atoms with Crippen molar-refractivity contribution in [1.29, 1.82) is 0 Å². The van der Waals surface area contributed by atoms with Gasteiger partial charge in [0, 0.05) is 12.5 Å². The first-order chi connectivity index (χ1) is 7.79. The molecule has 0 aliphatic heterocycles. The van der Waals surface area contributed by atoms with E-state index in [0.717, 1.165) is 18.9 Å². The molecule has 0 bridgehead atoms. The lowest BCUT2D eigenvalue weighted by atomic mass is 9.88. The molecule has 1 atom stereocenters. The highest BCUT2D eigenvalue weighted by Crippen LogP contribution is 2.20. The van der Waals surface area contributed by atoms with E-state index in [-0.39, 0.29) is 0 Å². The standard InChI is InChI=1S/C15H29N/c1-5-9-12-15(16-13-8-4)14(10-6-2)11-7-3/h14-16H,6-8,10-13H2,1-4H3. The summed E-state index contributed by atoms with van der Waals surface area (Å²) in [5.41, 5.74) is 0. The zero-order chi connectivity index (χ0) is 12.2. The van der Waals surface area contributed by atoms with Crippen molar-refractivity contribution >= 4 is 0 Å². The van der Waals surface area contributed by atoms with Crippen molar-refractivity contribution in [3.63, 3.8) is 0 Å². The minimum absolute atomic E-state index is 0.604. The summed E-state index contributed by atoms with van der Waals surface area (Å²) in [6.45, 7) is 9.85. The normalized spacial score (nSPS) is 12.3. The van der Waals surface area contributed by atoms with Gasteiger partial charge in [-0.15, -0.1) is 11.8 Å². The van der Waals surface area contributed by atoms with Gasteiger partial charge in [-0.1, -0.05) is 33.6 Å². The Bertz CT molecular complexity index is 193. The van der Waals surface area contributed by atoms with Crippen molar-refractivity contribution < 1.29 is 0 Å². The van der Waals surface area contributed by atoms with Crippen LogP contribution in [0.3, 0.4) is 0 Å². The quantitative estimate of drug-likeness (QED) is 0.583. The van der Waals surface area contributed by atoms with Gasteiger partial charge in [-0.25, -0.2) is 0 Å². The van der Waals surface area contributed by atoms with Gasteiger partial charge >= 0.3 is 0 Å². The van der Waals surface area contributed by atoms with Crippen molar-refractivity contribution in [2.45, 2.75) is 72.3 Å². The summed E-state index contributed by atoms with van der Waals surface area (Å²) in [4.78, 5) is 0. The third-order valence-corrected chi connectivity index (χ3v) is 3.04. The molecule has 0 saturated carbocycles. The molecule has 0 aromatic rings. The van der Waals surface area contributed by atoms with Crippen molar-refractivity contribution in [3.8, 4) is 11.8 Å². The molecule has 0 aliphatic rings. The van der Waals surface area contributed by atoms with Crippen LogP contribution in [0, 0.1) is 17.8 Å². The van der Waals surface area contributed by atoms with Gasteiger partial charge in [0.15, 0.2) is 0 Å². The number of nitrogens with one attached hydrogen (secondary N) is 1. The Kier molecular flexibility index (Phi) is 10.7. The van der Waals surface area contributed by atoms with Gasteiger partial charge < -0.3 is 5.32 Å². The molecule has 0 aromatic heterocycles. The zero-order valence-electron chi connectivity index (χ0n) is 11.6. The Hall–Kier alpha value is -0.480. The van der Waals surface area contributed by atoms with Crippen molar-refractivity contribution in [3.05, 3.63) is 0 Å². The van der Waals surface area contributed by atoms with E-state index in [0.29, 0.717) is 6.04 Å². The maximum atomic E-state index is 3.67. The van der Waals surface area contributed by atoms with E-state index in [1.807, 2.05) is 6.92 Å². The van der Waals surface area contributed by atoms with E-state index in [9.17, 15) is 0 Å². The van der Waals surface area contributed by atoms with Gasteiger partial charge in [-0.3, -0.25) is 0 Å². The fourth-order valence-corrected chi connectivity index (χ4v) is 2.24. The van der Waals surface area contributed by atoms with Crippen molar-refractivity contribution in [2.75, 3.05) is 6.54 Å². The van der Waals surface area contributed by atoms with E-state index in [2.05, 4.69) is 37.9 Å². The Morgan fingerprint density at radius 1 is 1.00 bits per heavy atom. The summed E-state index contributed by atoms with van der Waals surface area (Å²) in [5.74, 6) is 7.07. The fraction of sp³-hybridized carbons (Fsp3) is 0.867. The third kappa shape index (κ3) is 6.90. The van der Waals surface area contributed by atoms with Gasteiger partial charge in [0.25, 0.3) is 0 Å². The molecule has 0 aliphatic carbocycles. The molecular weight excluding hydrogens is 194 g/mol. The molecule has 16 heavy (non-hydrogen) atoms. The first-order valence-electron chi connectivity index (χ1n) is 6.93. The maximum Gasteiger partial charge on any atom is 0.0245 e. The maximum absolute atomic E-state index is 3.67. The molecule has 1 nitrogen and oxygen atoms in total. The first-order valence-corrected chi connectivity index (χ1v) is 6.93. The van der Waals surface area contributed by atoms with E-state index >= 15 is 0 Å². The SMILES string of the molecule is CC#CCC(NCCC)C(CCC)CCC. The predicted octanol–water partition coefficient (Wildman–Crippen LogP) is 3.98. The molecule has 0 rings (SSSR count). The van der Waals surface area contributed by atoms with Crippen LogP contribution in [-0.4, -0.2) is 12.6 Å². The van der Waals surface area contributed by atoms with Crippen LogP contribution in [0.25, 0.3) is 0 Å². The first kappa shape index (κ1) is 15.5. The number of hydrogen-bond acceptors (Lipinski definition) is 1. The van der Waals surface area contributed by atoms with Crippen LogP contribution < -0.4 is 5.32 Å². The zero-order valence-corrected chi connectivity index (χ0v) is 11.6. The summed E-state index contributed by atoms with van der Waals surface area (Å²) in [6, 6.07) is 0.604. The van der Waals surface area contributed by atoms with Crippen LogP contribution in [0.4, 0.5) is 0 Å². The lowest BCUT2D eigenvalue weighted by Gasteiger charge is -2.26. The smallest absolute Gasteiger partial charge is 0.0245 e. The second-order valence-corrected chi connectivity index (χ2v) is 4.53. The van der Waals surface area contributed by atoms with Crippen LogP contribution in [0.2, 0.25) is 0 Å². The van der Waals surface area contributed by atoms with Crippen molar-refractivity contribution in [2.24, 2.45) is 5.92 Å². The molecule has 1 unspecified atom stereocenters. The highest BCUT2D eigenvalue weighted by atomic mass is 14.9. The molecule has 0 saturated heterocycles. The molecule has 0 radical (unpaired) electrons. The van der Waals surface area contributed by atoms with Crippen LogP contribution in [0.5, 0.6) is 0 Å². The third-order valence-electron chi connectivity index (χ3n) is 3.04. The highest BCUT2D eigenvalue weighted by Gasteiger charge is 2.18. The van der Waals surface area contributed by atoms with Crippen LogP contribution in [0.1, 0.15) is 66.2 Å². The molecule has 0 amide bonds. The molecule has 1 N–H and O–H groups in total. The fourth-order valence-electron chi connectivity index (χ4n) is 2.24. The Morgan fingerprint density at radius 2 is 1.62 bits per heavy atom. The second kappa shape index (κ2) is 11.0.